The van der Waals surface area contributed by atoms with Crippen molar-refractivity contribution in [3.05, 3.63) is 52.6 Å². The molecule has 4 aromatic rings. The van der Waals surface area contributed by atoms with Crippen LogP contribution >= 0.6 is 0 Å². The maximum absolute atomic E-state index is 12.2. The number of carbonyl (C=O) groups excluding carboxylic acids is 1. The molecule has 1 amide bonds. The molecule has 0 radical (unpaired) electrons. The van der Waals surface area contributed by atoms with Crippen molar-refractivity contribution in [2.24, 2.45) is 5.73 Å². The van der Waals surface area contributed by atoms with Gasteiger partial charge in [0, 0.05) is 29.8 Å². The number of fused-ring (bicyclic) bond motifs is 2. The zero-order valence-corrected chi connectivity index (χ0v) is 12.9. The second kappa shape index (κ2) is 5.05. The van der Waals surface area contributed by atoms with E-state index in [1.54, 1.807) is 6.20 Å². The van der Waals surface area contributed by atoms with Crippen LogP contribution in [0.1, 0.15) is 17.3 Å². The highest BCUT2D eigenvalue weighted by molar-refractivity contribution is 5.98. The van der Waals surface area contributed by atoms with Gasteiger partial charge in [-0.15, -0.1) is 0 Å². The number of rotatable bonds is 3. The number of aromatic amines is 1. The lowest BCUT2D eigenvalue weighted by Gasteiger charge is -2.03. The van der Waals surface area contributed by atoms with E-state index in [-0.39, 0.29) is 16.8 Å². The molecule has 1 aromatic carbocycles. The lowest BCUT2D eigenvalue weighted by molar-refractivity contribution is 0.100. The maximum atomic E-state index is 12.2. The first-order valence-electron chi connectivity index (χ1n) is 7.45. The van der Waals surface area contributed by atoms with Crippen LogP contribution in [0, 0.1) is 0 Å². The van der Waals surface area contributed by atoms with Crippen molar-refractivity contribution < 1.29 is 4.79 Å². The van der Waals surface area contributed by atoms with Crippen LogP contribution in [0.5, 0.6) is 0 Å². The summed E-state index contributed by atoms with van der Waals surface area (Å²) < 4.78 is 3.08. The molecule has 0 saturated heterocycles. The van der Waals surface area contributed by atoms with E-state index in [2.05, 4.69) is 15.2 Å². The highest BCUT2D eigenvalue weighted by atomic mass is 16.1. The first-order chi connectivity index (χ1) is 11.6. The van der Waals surface area contributed by atoms with Crippen molar-refractivity contribution in [1.82, 2.24) is 24.4 Å². The Kier molecular flexibility index (Phi) is 2.99. The van der Waals surface area contributed by atoms with Gasteiger partial charge in [0.1, 0.15) is 5.56 Å². The molecular weight excluding hydrogens is 308 g/mol. The van der Waals surface area contributed by atoms with Crippen LogP contribution in [-0.4, -0.2) is 30.3 Å². The average molecular weight is 322 g/mol. The largest absolute Gasteiger partial charge is 0.365 e. The summed E-state index contributed by atoms with van der Waals surface area (Å²) in [5.41, 5.74) is 7.67. The van der Waals surface area contributed by atoms with Crippen LogP contribution in [0.25, 0.3) is 27.8 Å². The van der Waals surface area contributed by atoms with Gasteiger partial charge in [-0.3, -0.25) is 19.4 Å². The molecule has 8 nitrogen and oxygen atoms in total. The molecule has 0 spiro atoms. The molecule has 24 heavy (non-hydrogen) atoms. The van der Waals surface area contributed by atoms with E-state index >= 15 is 0 Å². The molecule has 0 fully saturated rings. The number of aromatic nitrogens is 5. The minimum Gasteiger partial charge on any atom is -0.365 e. The quantitative estimate of drug-likeness (QED) is 0.589. The maximum Gasteiger partial charge on any atom is 0.273 e. The Bertz CT molecular complexity index is 1150. The lowest BCUT2D eigenvalue weighted by atomic mass is 10.1. The number of amides is 1. The standard InChI is InChI=1S/C16H14N6O2/c1-2-21-13-4-3-9(5-10(13)7-18-21)12-6-14(23)22-16(20-12)11(8-19-22)15(17)24/h3-8,19H,2H2,1H3,(H2,17,24). The summed E-state index contributed by atoms with van der Waals surface area (Å²) >= 11 is 0. The van der Waals surface area contributed by atoms with Crippen molar-refractivity contribution in [2.45, 2.75) is 13.5 Å². The Hall–Kier alpha value is -3.42. The first-order valence-corrected chi connectivity index (χ1v) is 7.45. The lowest BCUT2D eigenvalue weighted by Crippen LogP contribution is -2.16. The van der Waals surface area contributed by atoms with Crippen LogP contribution in [0.3, 0.4) is 0 Å². The van der Waals surface area contributed by atoms with Crippen molar-refractivity contribution in [2.75, 3.05) is 0 Å². The van der Waals surface area contributed by atoms with Crippen LogP contribution < -0.4 is 11.3 Å². The summed E-state index contributed by atoms with van der Waals surface area (Å²) in [6.07, 6.45) is 3.16. The predicted octanol–water partition coefficient (Wildman–Crippen LogP) is 1.16. The molecule has 0 aliphatic heterocycles. The van der Waals surface area contributed by atoms with Gasteiger partial charge in [-0.2, -0.15) is 5.10 Å². The van der Waals surface area contributed by atoms with Crippen molar-refractivity contribution in [3.8, 4) is 11.3 Å². The Morgan fingerprint density at radius 3 is 2.92 bits per heavy atom. The third-order valence-electron chi connectivity index (χ3n) is 4.00. The smallest absolute Gasteiger partial charge is 0.273 e. The number of nitrogens with zero attached hydrogens (tertiary/aromatic N) is 4. The average Bonchev–Trinajstić information content (AvgIpc) is 3.17. The van der Waals surface area contributed by atoms with Gasteiger partial charge in [-0.05, 0) is 19.1 Å². The van der Waals surface area contributed by atoms with E-state index in [9.17, 15) is 9.59 Å². The third-order valence-corrected chi connectivity index (χ3v) is 4.00. The van der Waals surface area contributed by atoms with E-state index in [1.165, 1.54) is 16.8 Å². The minimum absolute atomic E-state index is 0.175. The molecule has 0 unspecified atom stereocenters. The van der Waals surface area contributed by atoms with Crippen molar-refractivity contribution >= 4 is 22.5 Å². The van der Waals surface area contributed by atoms with Crippen molar-refractivity contribution in [1.29, 1.82) is 0 Å². The fraction of sp³-hybridized carbons (Fsp3) is 0.125. The Morgan fingerprint density at radius 2 is 2.17 bits per heavy atom. The number of hydrogen-bond acceptors (Lipinski definition) is 4. The highest BCUT2D eigenvalue weighted by Gasteiger charge is 2.14. The molecule has 0 aliphatic rings. The van der Waals surface area contributed by atoms with E-state index in [0.717, 1.165) is 23.0 Å². The molecular formula is C16H14N6O2. The normalized spacial score (nSPS) is 11.4. The summed E-state index contributed by atoms with van der Waals surface area (Å²) in [6, 6.07) is 7.16. The number of aryl methyl sites for hydroxylation is 1. The SMILES string of the molecule is CCn1ncc2cc(-c3cc(=O)n4[nH]cc(C(N)=O)c4n3)ccc21. The van der Waals surface area contributed by atoms with Crippen LogP contribution in [-0.2, 0) is 6.54 Å². The van der Waals surface area contributed by atoms with Gasteiger partial charge < -0.3 is 5.73 Å². The van der Waals surface area contributed by atoms with E-state index < -0.39 is 5.91 Å². The predicted molar refractivity (Wildman–Crippen MR) is 88.7 cm³/mol. The molecule has 3 N–H and O–H groups in total. The molecule has 0 bridgehead atoms. The molecule has 3 aromatic heterocycles. The number of carbonyl (C=O) groups is 1. The van der Waals surface area contributed by atoms with Gasteiger partial charge in [0.05, 0.1) is 17.4 Å². The van der Waals surface area contributed by atoms with Gasteiger partial charge in [0.2, 0.25) is 0 Å². The topological polar surface area (TPSA) is 111 Å². The monoisotopic (exact) mass is 322 g/mol. The van der Waals surface area contributed by atoms with E-state index in [1.807, 2.05) is 29.8 Å². The van der Waals surface area contributed by atoms with Crippen LogP contribution in [0.15, 0.2) is 41.5 Å². The second-order valence-electron chi connectivity index (χ2n) is 5.42. The number of nitrogens with two attached hydrogens (primary N) is 1. The zero-order chi connectivity index (χ0) is 16.8. The Labute approximate surface area is 135 Å². The van der Waals surface area contributed by atoms with Gasteiger partial charge >= 0.3 is 0 Å². The van der Waals surface area contributed by atoms with Crippen LogP contribution in [0.2, 0.25) is 0 Å². The van der Waals surface area contributed by atoms with Gasteiger partial charge in [-0.1, -0.05) is 6.07 Å². The van der Waals surface area contributed by atoms with E-state index in [4.69, 9.17) is 5.73 Å². The molecule has 120 valence electrons. The molecule has 0 saturated carbocycles. The number of benzene rings is 1. The summed E-state index contributed by atoms with van der Waals surface area (Å²) in [6.45, 7) is 2.80. The minimum atomic E-state index is -0.641. The molecule has 0 aliphatic carbocycles. The van der Waals surface area contributed by atoms with Crippen molar-refractivity contribution in [3.63, 3.8) is 0 Å². The van der Waals surface area contributed by atoms with Gasteiger partial charge in [0.25, 0.3) is 11.5 Å². The molecule has 0 atom stereocenters. The fourth-order valence-electron chi connectivity index (χ4n) is 2.81. The highest BCUT2D eigenvalue weighted by Crippen LogP contribution is 2.23. The summed E-state index contributed by atoms with van der Waals surface area (Å²) in [5.74, 6) is -0.641. The molecule has 4 rings (SSSR count). The molecule has 8 heteroatoms. The molecule has 3 heterocycles. The third kappa shape index (κ3) is 2.00. The Balaban J connectivity index is 1.94. The van der Waals surface area contributed by atoms with Gasteiger partial charge in [0.15, 0.2) is 5.65 Å². The Morgan fingerprint density at radius 1 is 1.33 bits per heavy atom. The second-order valence-corrected chi connectivity index (χ2v) is 5.42. The van der Waals surface area contributed by atoms with E-state index in [0.29, 0.717) is 5.69 Å². The number of hydrogen-bond donors (Lipinski definition) is 2. The number of H-pyrrole nitrogens is 1. The zero-order valence-electron chi connectivity index (χ0n) is 12.9. The summed E-state index contributed by atoms with van der Waals surface area (Å²) in [5, 5.41) is 7.95. The summed E-state index contributed by atoms with van der Waals surface area (Å²) in [7, 11) is 0. The van der Waals surface area contributed by atoms with Gasteiger partial charge in [-0.25, -0.2) is 9.50 Å². The summed E-state index contributed by atoms with van der Waals surface area (Å²) in [4.78, 5) is 28.2. The number of primary amides is 1. The number of nitrogens with one attached hydrogen (secondary N) is 1. The fourth-order valence-corrected chi connectivity index (χ4v) is 2.81. The van der Waals surface area contributed by atoms with Crippen LogP contribution in [0.4, 0.5) is 0 Å². The first kappa shape index (κ1) is 14.2.